The van der Waals surface area contributed by atoms with Crippen LogP contribution in [0.25, 0.3) is 0 Å². The number of hydrogen-bond donors (Lipinski definition) is 0. The lowest BCUT2D eigenvalue weighted by Gasteiger charge is -2.34. The van der Waals surface area contributed by atoms with Gasteiger partial charge in [0.15, 0.2) is 0 Å². The van der Waals surface area contributed by atoms with Gasteiger partial charge in [-0.2, -0.15) is 0 Å². The number of fused-ring (bicyclic) bond motifs is 2. The summed E-state index contributed by atoms with van der Waals surface area (Å²) in [7, 11) is 0. The summed E-state index contributed by atoms with van der Waals surface area (Å²) in [6.07, 6.45) is 2.20. The fraction of sp³-hybridized carbons (Fsp3) is 0.240. The molecule has 30 heavy (non-hydrogen) atoms. The van der Waals surface area contributed by atoms with Crippen molar-refractivity contribution in [1.29, 1.82) is 0 Å². The lowest BCUT2D eigenvalue weighted by molar-refractivity contribution is -0.134. The number of amides is 1. The second-order valence-electron chi connectivity index (χ2n) is 8.05. The van der Waals surface area contributed by atoms with Gasteiger partial charge in [0.1, 0.15) is 5.82 Å². The quantitative estimate of drug-likeness (QED) is 0.650. The maximum absolute atomic E-state index is 13.3. The molecule has 0 spiro atoms. The molecule has 0 fully saturated rings. The number of rotatable bonds is 3. The number of carbonyl (C=O) groups is 1. The van der Waals surface area contributed by atoms with Crippen LogP contribution in [-0.2, 0) is 24.3 Å². The molecule has 3 heterocycles. The van der Waals surface area contributed by atoms with Gasteiger partial charge in [-0.1, -0.05) is 18.2 Å². The van der Waals surface area contributed by atoms with E-state index in [9.17, 15) is 9.18 Å². The molecule has 0 radical (unpaired) electrons. The van der Waals surface area contributed by atoms with Crippen LogP contribution in [-0.4, -0.2) is 21.5 Å². The van der Waals surface area contributed by atoms with Crippen molar-refractivity contribution in [3.05, 3.63) is 99.6 Å². The van der Waals surface area contributed by atoms with Crippen LogP contribution in [0.1, 0.15) is 52.0 Å². The molecule has 2 aliphatic rings. The molecular weight excluding hydrogens is 377 g/mol. The number of pyridine rings is 1. The molecule has 5 heteroatoms. The van der Waals surface area contributed by atoms with Gasteiger partial charge in [-0.3, -0.25) is 14.8 Å². The van der Waals surface area contributed by atoms with Crippen molar-refractivity contribution in [2.45, 2.75) is 39.4 Å². The smallest absolute Gasteiger partial charge is 0.227 e. The topological polar surface area (TPSA) is 45.6 Å². The van der Waals surface area contributed by atoms with E-state index in [0.717, 1.165) is 39.2 Å². The van der Waals surface area contributed by atoms with Gasteiger partial charge in [-0.25, -0.2) is 4.39 Å². The monoisotopic (exact) mass is 399 g/mol. The Morgan fingerprint density at radius 2 is 1.83 bits per heavy atom. The maximum Gasteiger partial charge on any atom is 0.227 e. The van der Waals surface area contributed by atoms with E-state index in [1.807, 2.05) is 31.0 Å². The molecule has 2 aliphatic heterocycles. The summed E-state index contributed by atoms with van der Waals surface area (Å²) in [6.45, 7) is 5.16. The number of nitrogens with zero attached hydrogens (tertiary/aromatic N) is 3. The number of aliphatic imine (C=N–C) groups is 1. The predicted molar refractivity (Wildman–Crippen MR) is 114 cm³/mol. The highest BCUT2D eigenvalue weighted by molar-refractivity contribution is 6.15. The molecule has 3 aromatic rings. The van der Waals surface area contributed by atoms with Gasteiger partial charge >= 0.3 is 0 Å². The van der Waals surface area contributed by atoms with E-state index in [0.29, 0.717) is 19.5 Å². The molecule has 5 rings (SSSR count). The number of benzene rings is 2. The average Bonchev–Trinajstić information content (AvgIpc) is 3.14. The van der Waals surface area contributed by atoms with E-state index < -0.39 is 0 Å². The van der Waals surface area contributed by atoms with Gasteiger partial charge in [-0.05, 0) is 66.4 Å². The van der Waals surface area contributed by atoms with E-state index >= 15 is 0 Å². The van der Waals surface area contributed by atoms with Crippen molar-refractivity contribution in [3.8, 4) is 0 Å². The second kappa shape index (κ2) is 7.17. The number of aryl methyl sites for hydroxylation is 1. The summed E-state index contributed by atoms with van der Waals surface area (Å²) in [5.74, 6) is -0.168. The fourth-order valence-electron chi connectivity index (χ4n) is 4.40. The molecule has 4 nitrogen and oxygen atoms in total. The van der Waals surface area contributed by atoms with Crippen LogP contribution in [0.4, 0.5) is 4.39 Å². The summed E-state index contributed by atoms with van der Waals surface area (Å²) in [4.78, 5) is 23.8. The molecule has 1 amide bonds. The summed E-state index contributed by atoms with van der Waals surface area (Å²) < 4.78 is 13.3. The largest absolute Gasteiger partial charge is 0.331 e. The molecule has 0 bridgehead atoms. The highest BCUT2D eigenvalue weighted by Gasteiger charge is 2.30. The van der Waals surface area contributed by atoms with E-state index in [1.165, 1.54) is 17.7 Å². The van der Waals surface area contributed by atoms with Gasteiger partial charge in [0.25, 0.3) is 0 Å². The minimum absolute atomic E-state index is 0.100. The normalized spacial score (nSPS) is 16.2. The van der Waals surface area contributed by atoms with Crippen LogP contribution in [0.2, 0.25) is 0 Å². The Morgan fingerprint density at radius 3 is 2.60 bits per heavy atom. The third kappa shape index (κ3) is 3.20. The van der Waals surface area contributed by atoms with E-state index in [4.69, 9.17) is 4.99 Å². The van der Waals surface area contributed by atoms with Crippen molar-refractivity contribution < 1.29 is 9.18 Å². The van der Waals surface area contributed by atoms with Gasteiger partial charge < -0.3 is 4.90 Å². The van der Waals surface area contributed by atoms with E-state index in [2.05, 4.69) is 23.2 Å². The van der Waals surface area contributed by atoms with E-state index in [1.54, 1.807) is 12.1 Å². The van der Waals surface area contributed by atoms with Gasteiger partial charge in [0.2, 0.25) is 5.91 Å². The van der Waals surface area contributed by atoms with Crippen molar-refractivity contribution in [3.63, 3.8) is 0 Å². The molecule has 0 saturated carbocycles. The van der Waals surface area contributed by atoms with Crippen LogP contribution in [0, 0.1) is 12.7 Å². The first-order chi connectivity index (χ1) is 14.5. The van der Waals surface area contributed by atoms with Crippen molar-refractivity contribution in [1.82, 2.24) is 9.88 Å². The fourth-order valence-corrected chi connectivity index (χ4v) is 4.40. The Balaban J connectivity index is 1.48. The lowest BCUT2D eigenvalue weighted by atomic mass is 9.90. The molecule has 1 atom stereocenters. The Labute approximate surface area is 175 Å². The minimum Gasteiger partial charge on any atom is -0.331 e. The van der Waals surface area contributed by atoms with Crippen LogP contribution < -0.4 is 0 Å². The molecule has 2 aromatic carbocycles. The van der Waals surface area contributed by atoms with Crippen LogP contribution in [0.5, 0.6) is 0 Å². The minimum atomic E-state index is -0.269. The Morgan fingerprint density at radius 1 is 1.03 bits per heavy atom. The van der Waals surface area contributed by atoms with Gasteiger partial charge in [0, 0.05) is 29.6 Å². The molecule has 1 aromatic heterocycles. The zero-order valence-corrected chi connectivity index (χ0v) is 17.0. The van der Waals surface area contributed by atoms with Crippen molar-refractivity contribution in [2.24, 2.45) is 4.99 Å². The first-order valence-corrected chi connectivity index (χ1v) is 10.2. The maximum atomic E-state index is 13.3. The zero-order valence-electron chi connectivity index (χ0n) is 17.0. The standard InChI is InChI=1S/C25H22FN3O/c1-15-9-18(7-8-27-15)25-23-11-21-14-29(16(2)17-3-5-22(26)6-4-17)24(30)12-19(21)10-20(23)13-28-25/h3-11,16H,12-14H2,1-2H3/t16-/m1/s1. The lowest BCUT2D eigenvalue weighted by Crippen LogP contribution is -2.38. The molecule has 150 valence electrons. The van der Waals surface area contributed by atoms with Gasteiger partial charge in [0.05, 0.1) is 24.7 Å². The third-order valence-electron chi connectivity index (χ3n) is 6.08. The Hall–Kier alpha value is -3.34. The third-order valence-corrected chi connectivity index (χ3v) is 6.08. The second-order valence-corrected chi connectivity index (χ2v) is 8.05. The zero-order chi connectivity index (χ0) is 20.8. The number of halogens is 1. The number of aromatic nitrogens is 1. The number of carbonyl (C=O) groups excluding carboxylic acids is 1. The van der Waals surface area contributed by atoms with Crippen molar-refractivity contribution in [2.75, 3.05) is 0 Å². The predicted octanol–water partition coefficient (Wildman–Crippen LogP) is 4.53. The summed E-state index contributed by atoms with van der Waals surface area (Å²) in [5, 5.41) is 0. The summed E-state index contributed by atoms with van der Waals surface area (Å²) in [6, 6.07) is 14.7. The first-order valence-electron chi connectivity index (χ1n) is 10.2. The molecule has 0 unspecified atom stereocenters. The summed E-state index contributed by atoms with van der Waals surface area (Å²) in [5.41, 5.74) is 8.52. The van der Waals surface area contributed by atoms with E-state index in [-0.39, 0.29) is 17.8 Å². The number of hydrogen-bond acceptors (Lipinski definition) is 3. The Bertz CT molecular complexity index is 1180. The van der Waals surface area contributed by atoms with Crippen LogP contribution >= 0.6 is 0 Å². The highest BCUT2D eigenvalue weighted by Crippen LogP contribution is 2.33. The first kappa shape index (κ1) is 18.7. The summed E-state index contributed by atoms with van der Waals surface area (Å²) >= 11 is 0. The molecule has 0 saturated heterocycles. The molecular formula is C25H22FN3O. The highest BCUT2D eigenvalue weighted by atomic mass is 19.1. The molecule has 0 aliphatic carbocycles. The van der Waals surface area contributed by atoms with Gasteiger partial charge in [-0.15, -0.1) is 0 Å². The average molecular weight is 399 g/mol. The Kier molecular flexibility index (Phi) is 4.46. The SMILES string of the molecule is Cc1cc(C2=NCc3cc4c(cc32)CN([C@H](C)c2ccc(F)cc2)C(=O)C4)ccn1. The van der Waals surface area contributed by atoms with Crippen LogP contribution in [0.3, 0.4) is 0 Å². The van der Waals surface area contributed by atoms with Crippen molar-refractivity contribution >= 4 is 11.6 Å². The van der Waals surface area contributed by atoms with Crippen LogP contribution in [0.15, 0.2) is 59.7 Å². The molecule has 0 N–H and O–H groups in total.